The summed E-state index contributed by atoms with van der Waals surface area (Å²) >= 11 is 0. The summed E-state index contributed by atoms with van der Waals surface area (Å²) in [7, 11) is 0. The van der Waals surface area contributed by atoms with Crippen LogP contribution in [0.5, 0.6) is 0 Å². The van der Waals surface area contributed by atoms with Gasteiger partial charge in [-0.3, -0.25) is 9.78 Å². The molecule has 0 aliphatic heterocycles. The second-order valence-electron chi connectivity index (χ2n) is 4.57. The molecule has 92 valence electrons. The molecule has 1 unspecified atom stereocenters. The number of amides is 1. The van der Waals surface area contributed by atoms with Gasteiger partial charge in [0.25, 0.3) is 0 Å². The van der Waals surface area contributed by atoms with Crippen molar-refractivity contribution in [3.8, 4) is 0 Å². The maximum Gasteiger partial charge on any atom is 0.240 e. The Hall–Kier alpha value is -1.42. The number of rotatable bonds is 5. The van der Waals surface area contributed by atoms with Crippen LogP contribution in [0.2, 0.25) is 0 Å². The predicted octanol–water partition coefficient (Wildman–Crippen LogP) is 1.31. The average Bonchev–Trinajstić information content (AvgIpc) is 3.19. The number of aromatic nitrogens is 1. The highest BCUT2D eigenvalue weighted by molar-refractivity contribution is 5.82. The molecule has 1 aliphatic carbocycles. The highest BCUT2D eigenvalue weighted by Crippen LogP contribution is 2.28. The molecule has 1 aromatic heterocycles. The first-order valence-electron chi connectivity index (χ1n) is 6.17. The third-order valence-electron chi connectivity index (χ3n) is 3.10. The van der Waals surface area contributed by atoms with E-state index in [2.05, 4.69) is 4.98 Å². The molecule has 0 radical (unpaired) electrons. The Balaban J connectivity index is 2.05. The van der Waals surface area contributed by atoms with E-state index in [1.807, 2.05) is 24.0 Å². The summed E-state index contributed by atoms with van der Waals surface area (Å²) in [5.41, 5.74) is 6.90. The summed E-state index contributed by atoms with van der Waals surface area (Å²) in [6.45, 7) is 2.57. The van der Waals surface area contributed by atoms with Crippen LogP contribution in [0.25, 0.3) is 0 Å². The fourth-order valence-corrected chi connectivity index (χ4v) is 1.85. The van der Waals surface area contributed by atoms with Gasteiger partial charge in [0.1, 0.15) is 0 Å². The van der Waals surface area contributed by atoms with Gasteiger partial charge >= 0.3 is 0 Å². The van der Waals surface area contributed by atoms with E-state index in [0.717, 1.165) is 18.4 Å². The smallest absolute Gasteiger partial charge is 0.240 e. The molecule has 1 saturated carbocycles. The van der Waals surface area contributed by atoms with Crippen molar-refractivity contribution < 1.29 is 4.79 Å². The van der Waals surface area contributed by atoms with Gasteiger partial charge in [-0.25, -0.2) is 0 Å². The van der Waals surface area contributed by atoms with Crippen LogP contribution in [0, 0.1) is 0 Å². The molecule has 0 spiro atoms. The van der Waals surface area contributed by atoms with Crippen LogP contribution in [0.15, 0.2) is 24.5 Å². The molecule has 0 aromatic carbocycles. The minimum absolute atomic E-state index is 0.0684. The van der Waals surface area contributed by atoms with Crippen molar-refractivity contribution >= 4 is 5.91 Å². The predicted molar refractivity (Wildman–Crippen MR) is 66.1 cm³/mol. The lowest BCUT2D eigenvalue weighted by Crippen LogP contribution is -2.44. The van der Waals surface area contributed by atoms with E-state index in [4.69, 9.17) is 5.73 Å². The largest absolute Gasteiger partial charge is 0.334 e. The van der Waals surface area contributed by atoms with Gasteiger partial charge in [-0.05, 0) is 30.9 Å². The zero-order valence-corrected chi connectivity index (χ0v) is 10.2. The van der Waals surface area contributed by atoms with Crippen molar-refractivity contribution in [3.63, 3.8) is 0 Å². The lowest BCUT2D eigenvalue weighted by molar-refractivity contribution is -0.133. The molecule has 0 saturated heterocycles. The normalized spacial score (nSPS) is 16.6. The second kappa shape index (κ2) is 5.27. The maximum absolute atomic E-state index is 12.1. The Morgan fingerprint density at radius 1 is 1.65 bits per heavy atom. The summed E-state index contributed by atoms with van der Waals surface area (Å²) in [4.78, 5) is 18.1. The van der Waals surface area contributed by atoms with Crippen molar-refractivity contribution in [2.24, 2.45) is 5.73 Å². The standard InChI is InChI=1S/C13H19N3O/c1-2-12(14)13(17)16(11-5-6-11)9-10-4-3-7-15-8-10/h3-4,7-8,11-12H,2,5-6,9,14H2,1H3. The van der Waals surface area contributed by atoms with E-state index in [0.29, 0.717) is 19.0 Å². The fraction of sp³-hybridized carbons (Fsp3) is 0.538. The number of nitrogens with zero attached hydrogens (tertiary/aromatic N) is 2. The zero-order valence-electron chi connectivity index (χ0n) is 10.2. The van der Waals surface area contributed by atoms with Gasteiger partial charge in [0, 0.05) is 25.0 Å². The first-order valence-corrected chi connectivity index (χ1v) is 6.17. The SMILES string of the molecule is CCC(N)C(=O)N(Cc1cccnc1)C1CC1. The van der Waals surface area contributed by atoms with Crippen LogP contribution in [0.3, 0.4) is 0 Å². The number of hydrogen-bond acceptors (Lipinski definition) is 3. The van der Waals surface area contributed by atoms with Crippen LogP contribution in [-0.2, 0) is 11.3 Å². The zero-order chi connectivity index (χ0) is 12.3. The van der Waals surface area contributed by atoms with E-state index in [9.17, 15) is 4.79 Å². The van der Waals surface area contributed by atoms with Crippen molar-refractivity contribution in [2.75, 3.05) is 0 Å². The Morgan fingerprint density at radius 3 is 2.94 bits per heavy atom. The highest BCUT2D eigenvalue weighted by Gasteiger charge is 2.34. The number of carbonyl (C=O) groups excluding carboxylic acids is 1. The maximum atomic E-state index is 12.1. The molecule has 1 fully saturated rings. The van der Waals surface area contributed by atoms with Gasteiger partial charge in [0.05, 0.1) is 6.04 Å². The quantitative estimate of drug-likeness (QED) is 0.834. The highest BCUT2D eigenvalue weighted by atomic mass is 16.2. The summed E-state index contributed by atoms with van der Waals surface area (Å²) in [6, 6.07) is 3.91. The van der Waals surface area contributed by atoms with Gasteiger partial charge in [-0.2, -0.15) is 0 Å². The molecular weight excluding hydrogens is 214 g/mol. The molecule has 17 heavy (non-hydrogen) atoms. The van der Waals surface area contributed by atoms with Crippen LogP contribution in [0.4, 0.5) is 0 Å². The molecule has 2 N–H and O–H groups in total. The first-order chi connectivity index (χ1) is 8.22. The molecule has 4 nitrogen and oxygen atoms in total. The van der Waals surface area contributed by atoms with Crippen LogP contribution >= 0.6 is 0 Å². The third-order valence-corrected chi connectivity index (χ3v) is 3.10. The third kappa shape index (κ3) is 3.03. The van der Waals surface area contributed by atoms with Gasteiger partial charge < -0.3 is 10.6 Å². The molecule has 0 bridgehead atoms. The molecule has 1 atom stereocenters. The lowest BCUT2D eigenvalue weighted by Gasteiger charge is -2.25. The summed E-state index contributed by atoms with van der Waals surface area (Å²) in [6.07, 6.45) is 6.44. The number of nitrogens with two attached hydrogens (primary N) is 1. The van der Waals surface area contributed by atoms with Crippen LogP contribution < -0.4 is 5.73 Å². The molecule has 4 heteroatoms. The van der Waals surface area contributed by atoms with Crippen molar-refractivity contribution in [3.05, 3.63) is 30.1 Å². The summed E-state index contributed by atoms with van der Waals surface area (Å²) in [5, 5.41) is 0. The molecular formula is C13H19N3O. The van der Waals surface area contributed by atoms with Crippen molar-refractivity contribution in [1.82, 2.24) is 9.88 Å². The number of hydrogen-bond donors (Lipinski definition) is 1. The van der Waals surface area contributed by atoms with Crippen molar-refractivity contribution in [2.45, 2.75) is 44.8 Å². The topological polar surface area (TPSA) is 59.2 Å². The van der Waals surface area contributed by atoms with Crippen molar-refractivity contribution in [1.29, 1.82) is 0 Å². The minimum Gasteiger partial charge on any atom is -0.334 e. The number of carbonyl (C=O) groups is 1. The van der Waals surface area contributed by atoms with Gasteiger partial charge in [0.2, 0.25) is 5.91 Å². The lowest BCUT2D eigenvalue weighted by atomic mass is 10.2. The van der Waals surface area contributed by atoms with Crippen LogP contribution in [0.1, 0.15) is 31.7 Å². The summed E-state index contributed by atoms with van der Waals surface area (Å²) in [5.74, 6) is 0.0684. The second-order valence-corrected chi connectivity index (χ2v) is 4.57. The van der Waals surface area contributed by atoms with Gasteiger partial charge in [-0.15, -0.1) is 0 Å². The molecule has 1 aliphatic rings. The van der Waals surface area contributed by atoms with E-state index < -0.39 is 0 Å². The molecule has 1 aromatic rings. The Kier molecular flexibility index (Phi) is 3.74. The molecule has 1 amide bonds. The Bertz CT molecular complexity index is 376. The van der Waals surface area contributed by atoms with E-state index >= 15 is 0 Å². The van der Waals surface area contributed by atoms with Gasteiger partial charge in [-0.1, -0.05) is 13.0 Å². The summed E-state index contributed by atoms with van der Waals surface area (Å²) < 4.78 is 0. The van der Waals surface area contributed by atoms with E-state index in [-0.39, 0.29) is 11.9 Å². The average molecular weight is 233 g/mol. The molecule has 2 rings (SSSR count). The minimum atomic E-state index is -0.368. The Labute approximate surface area is 102 Å². The number of pyridine rings is 1. The monoisotopic (exact) mass is 233 g/mol. The first kappa shape index (κ1) is 12.0. The Morgan fingerprint density at radius 2 is 2.41 bits per heavy atom. The van der Waals surface area contributed by atoms with E-state index in [1.165, 1.54) is 0 Å². The van der Waals surface area contributed by atoms with Gasteiger partial charge in [0.15, 0.2) is 0 Å². The molecule has 1 heterocycles. The fourth-order valence-electron chi connectivity index (χ4n) is 1.85. The van der Waals surface area contributed by atoms with Crippen LogP contribution in [-0.4, -0.2) is 27.9 Å². The van der Waals surface area contributed by atoms with E-state index in [1.54, 1.807) is 12.4 Å².